The largest absolute Gasteiger partial charge is 0.244 e. The zero-order chi connectivity index (χ0) is 8.27. The molecule has 0 saturated heterocycles. The molecule has 2 nitrogen and oxygen atoms in total. The lowest BCUT2D eigenvalue weighted by Gasteiger charge is -2.07. The average molecular weight is 148 g/mol. The zero-order valence-electron chi connectivity index (χ0n) is 6.91. The van der Waals surface area contributed by atoms with Gasteiger partial charge in [-0.2, -0.15) is 0 Å². The first-order valence-corrected chi connectivity index (χ1v) is 3.66. The monoisotopic (exact) mass is 148 g/mol. The van der Waals surface area contributed by atoms with Crippen LogP contribution in [0.3, 0.4) is 0 Å². The summed E-state index contributed by atoms with van der Waals surface area (Å²) in [5, 5.41) is 0. The van der Waals surface area contributed by atoms with Gasteiger partial charge < -0.3 is 0 Å². The lowest BCUT2D eigenvalue weighted by Crippen LogP contribution is -1.92. The van der Waals surface area contributed by atoms with Crippen molar-refractivity contribution in [3.8, 4) is 0 Å². The molecule has 0 aliphatic heterocycles. The van der Waals surface area contributed by atoms with Crippen LogP contribution < -0.4 is 0 Å². The van der Waals surface area contributed by atoms with Crippen molar-refractivity contribution in [3.63, 3.8) is 0 Å². The highest BCUT2D eigenvalue weighted by Gasteiger charge is 2.02. The van der Waals surface area contributed by atoms with E-state index in [1.807, 2.05) is 0 Å². The molecule has 0 aromatic carbocycles. The van der Waals surface area contributed by atoms with E-state index in [0.717, 1.165) is 11.1 Å². The summed E-state index contributed by atoms with van der Waals surface area (Å²) in [5.74, 6) is 0.459. The van der Waals surface area contributed by atoms with E-state index < -0.39 is 0 Å². The Labute approximate surface area is 67.0 Å². The molecule has 0 saturated carbocycles. The van der Waals surface area contributed by atoms with Crippen LogP contribution in [0.4, 0.5) is 0 Å². The smallest absolute Gasteiger partial charge is 0.115 e. The molecule has 0 atom stereocenters. The lowest BCUT2D eigenvalue weighted by atomic mass is 10.00. The van der Waals surface area contributed by atoms with Gasteiger partial charge in [0.05, 0.1) is 0 Å². The van der Waals surface area contributed by atoms with Crippen LogP contribution in [-0.2, 0) is 0 Å². The van der Waals surface area contributed by atoms with E-state index in [2.05, 4.69) is 30.4 Å². The molecule has 0 spiro atoms. The van der Waals surface area contributed by atoms with Crippen molar-refractivity contribution in [2.24, 2.45) is 5.92 Å². The molecule has 0 bridgehead atoms. The van der Waals surface area contributed by atoms with Crippen molar-refractivity contribution in [1.29, 1.82) is 0 Å². The summed E-state index contributed by atoms with van der Waals surface area (Å²) >= 11 is 0. The third-order valence-electron chi connectivity index (χ3n) is 1.63. The fourth-order valence-corrected chi connectivity index (χ4v) is 0.798. The number of rotatable bonds is 2. The van der Waals surface area contributed by atoms with Crippen LogP contribution in [0.5, 0.6) is 0 Å². The second kappa shape index (κ2) is 3.28. The summed E-state index contributed by atoms with van der Waals surface area (Å²) in [6, 6.07) is 0. The van der Waals surface area contributed by atoms with E-state index in [9.17, 15) is 0 Å². The number of nitrogens with zero attached hydrogens (tertiary/aromatic N) is 2. The van der Waals surface area contributed by atoms with E-state index in [1.165, 1.54) is 6.33 Å². The first-order chi connectivity index (χ1) is 5.22. The predicted molar refractivity (Wildman–Crippen MR) is 45.9 cm³/mol. The van der Waals surface area contributed by atoms with E-state index >= 15 is 0 Å². The van der Waals surface area contributed by atoms with E-state index in [-0.39, 0.29) is 0 Å². The van der Waals surface area contributed by atoms with Crippen LogP contribution in [-0.4, -0.2) is 9.97 Å². The van der Waals surface area contributed by atoms with Crippen LogP contribution >= 0.6 is 0 Å². The van der Waals surface area contributed by atoms with Crippen molar-refractivity contribution in [2.75, 3.05) is 0 Å². The average Bonchev–Trinajstić information content (AvgIpc) is 2.05. The summed E-state index contributed by atoms with van der Waals surface area (Å²) in [5.41, 5.74) is 2.12. The molecule has 0 N–H and O–H groups in total. The molecule has 0 fully saturated rings. The van der Waals surface area contributed by atoms with Crippen LogP contribution in [0.2, 0.25) is 0 Å². The Kier molecular flexibility index (Phi) is 2.36. The molecule has 11 heavy (non-hydrogen) atoms. The van der Waals surface area contributed by atoms with Gasteiger partial charge in [-0.1, -0.05) is 20.4 Å². The Morgan fingerprint density at radius 1 is 1.36 bits per heavy atom. The minimum absolute atomic E-state index is 0.459. The third kappa shape index (κ3) is 1.87. The maximum Gasteiger partial charge on any atom is 0.115 e. The summed E-state index contributed by atoms with van der Waals surface area (Å²) in [7, 11) is 0. The predicted octanol–water partition coefficient (Wildman–Crippen LogP) is 2.15. The minimum atomic E-state index is 0.459. The van der Waals surface area contributed by atoms with Crippen LogP contribution in [0.1, 0.15) is 19.4 Å². The van der Waals surface area contributed by atoms with Gasteiger partial charge in [-0.3, -0.25) is 0 Å². The highest BCUT2D eigenvalue weighted by molar-refractivity contribution is 5.62. The molecular weight excluding hydrogens is 136 g/mol. The third-order valence-corrected chi connectivity index (χ3v) is 1.63. The summed E-state index contributed by atoms with van der Waals surface area (Å²) in [6.07, 6.45) is 5.10. The Balaban J connectivity index is 2.86. The molecule has 1 rings (SSSR count). The second-order valence-electron chi connectivity index (χ2n) is 2.81. The number of aromatic nitrogens is 2. The van der Waals surface area contributed by atoms with Gasteiger partial charge in [0.15, 0.2) is 0 Å². The van der Waals surface area contributed by atoms with Gasteiger partial charge in [0, 0.05) is 18.0 Å². The molecule has 1 aromatic heterocycles. The topological polar surface area (TPSA) is 25.8 Å². The maximum atomic E-state index is 3.94. The van der Waals surface area contributed by atoms with Gasteiger partial charge in [0.2, 0.25) is 0 Å². The van der Waals surface area contributed by atoms with Gasteiger partial charge >= 0.3 is 0 Å². The quantitative estimate of drug-likeness (QED) is 0.642. The lowest BCUT2D eigenvalue weighted by molar-refractivity contribution is 0.854. The molecule has 1 heterocycles. The van der Waals surface area contributed by atoms with Crippen molar-refractivity contribution < 1.29 is 0 Å². The fourth-order valence-electron chi connectivity index (χ4n) is 0.798. The van der Waals surface area contributed by atoms with E-state index in [0.29, 0.717) is 5.92 Å². The van der Waals surface area contributed by atoms with E-state index in [4.69, 9.17) is 0 Å². The first-order valence-electron chi connectivity index (χ1n) is 3.66. The van der Waals surface area contributed by atoms with Gasteiger partial charge in [-0.15, -0.1) is 0 Å². The molecule has 0 amide bonds. The van der Waals surface area contributed by atoms with Crippen molar-refractivity contribution in [3.05, 3.63) is 30.9 Å². The number of allylic oxidation sites excluding steroid dienone is 1. The summed E-state index contributed by atoms with van der Waals surface area (Å²) in [6.45, 7) is 8.16. The van der Waals surface area contributed by atoms with Gasteiger partial charge in [-0.25, -0.2) is 9.97 Å². The van der Waals surface area contributed by atoms with Crippen molar-refractivity contribution in [1.82, 2.24) is 9.97 Å². The molecule has 0 radical (unpaired) electrons. The summed E-state index contributed by atoms with van der Waals surface area (Å²) < 4.78 is 0. The number of hydrogen-bond acceptors (Lipinski definition) is 2. The SMILES string of the molecule is C=C(c1cncnc1)C(C)C. The second-order valence-corrected chi connectivity index (χ2v) is 2.81. The van der Waals surface area contributed by atoms with Crippen LogP contribution in [0.25, 0.3) is 5.57 Å². The highest BCUT2D eigenvalue weighted by atomic mass is 14.8. The van der Waals surface area contributed by atoms with Crippen molar-refractivity contribution in [2.45, 2.75) is 13.8 Å². The fraction of sp³-hybridized carbons (Fsp3) is 0.333. The Hall–Kier alpha value is -1.18. The van der Waals surface area contributed by atoms with Gasteiger partial charge in [-0.05, 0) is 11.5 Å². The molecule has 0 aliphatic carbocycles. The molecular formula is C9H12N2. The Morgan fingerprint density at radius 3 is 2.36 bits per heavy atom. The minimum Gasteiger partial charge on any atom is -0.244 e. The molecule has 2 heteroatoms. The Bertz CT molecular complexity index is 239. The Morgan fingerprint density at radius 2 is 1.91 bits per heavy atom. The molecule has 0 aliphatic rings. The molecule has 1 aromatic rings. The highest BCUT2D eigenvalue weighted by Crippen LogP contribution is 2.18. The van der Waals surface area contributed by atoms with Crippen LogP contribution in [0, 0.1) is 5.92 Å². The number of hydrogen-bond donors (Lipinski definition) is 0. The van der Waals surface area contributed by atoms with Crippen LogP contribution in [0.15, 0.2) is 25.3 Å². The van der Waals surface area contributed by atoms with Crippen molar-refractivity contribution >= 4 is 5.57 Å². The molecule has 0 unspecified atom stereocenters. The maximum absolute atomic E-state index is 3.94. The zero-order valence-corrected chi connectivity index (χ0v) is 6.91. The summed E-state index contributed by atoms with van der Waals surface area (Å²) in [4.78, 5) is 7.83. The standard InChI is InChI=1S/C9H12N2/c1-7(2)8(3)9-4-10-6-11-5-9/h4-7H,3H2,1-2H3. The van der Waals surface area contributed by atoms with E-state index in [1.54, 1.807) is 12.4 Å². The normalized spacial score (nSPS) is 10.1. The van der Waals surface area contributed by atoms with Gasteiger partial charge in [0.1, 0.15) is 6.33 Å². The first kappa shape index (κ1) is 7.92. The van der Waals surface area contributed by atoms with Gasteiger partial charge in [0.25, 0.3) is 0 Å². The molecule has 58 valence electrons.